The average Bonchev–Trinajstić information content (AvgIpc) is 2.27. The molecular weight excluding hydrogens is 216 g/mol. The Morgan fingerprint density at radius 1 is 1.53 bits per heavy atom. The summed E-state index contributed by atoms with van der Waals surface area (Å²) in [6, 6.07) is 3.54. The number of hydrogen-bond donors (Lipinski definition) is 1. The first-order chi connectivity index (χ1) is 7.86. The van der Waals surface area contributed by atoms with Gasteiger partial charge in [-0.1, -0.05) is 0 Å². The lowest BCUT2D eigenvalue weighted by Gasteiger charge is -2.32. The standard InChI is InChI=1S/C12H18N4O/c1-12(2,16(3)4)8-17-11-10(14)5-9(6-13)7-15-11/h5,7H,8,14H2,1-4H3. The van der Waals surface area contributed by atoms with E-state index in [-0.39, 0.29) is 5.54 Å². The third-order valence-corrected chi connectivity index (χ3v) is 2.78. The summed E-state index contributed by atoms with van der Waals surface area (Å²) >= 11 is 0. The Hall–Kier alpha value is -1.80. The summed E-state index contributed by atoms with van der Waals surface area (Å²) in [5.41, 5.74) is 6.46. The maximum atomic E-state index is 8.69. The highest BCUT2D eigenvalue weighted by Crippen LogP contribution is 2.20. The molecule has 92 valence electrons. The van der Waals surface area contributed by atoms with E-state index < -0.39 is 0 Å². The number of ether oxygens (including phenoxy) is 1. The highest BCUT2D eigenvalue weighted by molar-refractivity contribution is 5.51. The van der Waals surface area contributed by atoms with Gasteiger partial charge in [0.2, 0.25) is 5.88 Å². The van der Waals surface area contributed by atoms with Gasteiger partial charge in [0.1, 0.15) is 12.7 Å². The predicted octanol–water partition coefficient (Wildman–Crippen LogP) is 1.25. The Morgan fingerprint density at radius 3 is 2.65 bits per heavy atom. The van der Waals surface area contributed by atoms with Crippen LogP contribution in [0.4, 0.5) is 5.69 Å². The van der Waals surface area contributed by atoms with Crippen LogP contribution in [0.15, 0.2) is 12.3 Å². The van der Waals surface area contributed by atoms with Crippen molar-refractivity contribution in [3.05, 3.63) is 17.8 Å². The molecule has 1 aromatic heterocycles. The number of likely N-dealkylation sites (N-methyl/N-ethyl adjacent to an activating group) is 1. The number of hydrogen-bond acceptors (Lipinski definition) is 5. The van der Waals surface area contributed by atoms with Gasteiger partial charge in [-0.05, 0) is 34.0 Å². The number of anilines is 1. The number of rotatable bonds is 4. The second-order valence-electron chi connectivity index (χ2n) is 4.73. The third kappa shape index (κ3) is 3.33. The average molecular weight is 234 g/mol. The van der Waals surface area contributed by atoms with Crippen molar-refractivity contribution in [2.24, 2.45) is 0 Å². The number of nitrogen functional groups attached to an aromatic ring is 1. The summed E-state index contributed by atoms with van der Waals surface area (Å²) in [5, 5.41) is 8.69. The van der Waals surface area contributed by atoms with Crippen LogP contribution in [0.1, 0.15) is 19.4 Å². The number of pyridine rings is 1. The fourth-order valence-corrected chi connectivity index (χ4v) is 1.03. The van der Waals surface area contributed by atoms with Gasteiger partial charge in [0.05, 0.1) is 11.3 Å². The van der Waals surface area contributed by atoms with Crippen molar-refractivity contribution in [2.45, 2.75) is 19.4 Å². The first-order valence-electron chi connectivity index (χ1n) is 5.32. The molecule has 0 aliphatic heterocycles. The molecule has 0 fully saturated rings. The van der Waals surface area contributed by atoms with E-state index in [1.165, 1.54) is 6.20 Å². The molecule has 0 unspecified atom stereocenters. The van der Waals surface area contributed by atoms with Crippen molar-refractivity contribution < 1.29 is 4.74 Å². The zero-order valence-corrected chi connectivity index (χ0v) is 10.7. The summed E-state index contributed by atoms with van der Waals surface area (Å²) in [5.74, 6) is 0.374. The van der Waals surface area contributed by atoms with Crippen LogP contribution in [-0.4, -0.2) is 36.1 Å². The summed E-state index contributed by atoms with van der Waals surface area (Å²) < 4.78 is 5.58. The molecule has 0 atom stereocenters. The highest BCUT2D eigenvalue weighted by Gasteiger charge is 2.22. The Kier molecular flexibility index (Phi) is 3.92. The van der Waals surface area contributed by atoms with Gasteiger partial charge >= 0.3 is 0 Å². The molecule has 1 heterocycles. The smallest absolute Gasteiger partial charge is 0.237 e. The van der Waals surface area contributed by atoms with Crippen LogP contribution in [0.5, 0.6) is 5.88 Å². The molecule has 2 N–H and O–H groups in total. The summed E-state index contributed by atoms with van der Waals surface area (Å²) in [6.45, 7) is 4.60. The van der Waals surface area contributed by atoms with E-state index in [9.17, 15) is 0 Å². The van der Waals surface area contributed by atoms with Crippen LogP contribution < -0.4 is 10.5 Å². The third-order valence-electron chi connectivity index (χ3n) is 2.78. The van der Waals surface area contributed by atoms with Crippen molar-refractivity contribution in [1.82, 2.24) is 9.88 Å². The van der Waals surface area contributed by atoms with Crippen LogP contribution in [0.3, 0.4) is 0 Å². The summed E-state index contributed by atoms with van der Waals surface area (Å²) in [7, 11) is 3.97. The molecule has 0 saturated heterocycles. The minimum atomic E-state index is -0.109. The molecule has 17 heavy (non-hydrogen) atoms. The molecule has 0 radical (unpaired) electrons. The van der Waals surface area contributed by atoms with Crippen molar-refractivity contribution in [3.63, 3.8) is 0 Å². The Labute approximate surface area is 102 Å². The molecule has 1 rings (SSSR count). The van der Waals surface area contributed by atoms with Gasteiger partial charge in [0.25, 0.3) is 0 Å². The van der Waals surface area contributed by atoms with Crippen LogP contribution >= 0.6 is 0 Å². The zero-order valence-electron chi connectivity index (χ0n) is 10.7. The van der Waals surface area contributed by atoms with Gasteiger partial charge < -0.3 is 15.4 Å². The van der Waals surface area contributed by atoms with E-state index in [0.717, 1.165) is 0 Å². The highest BCUT2D eigenvalue weighted by atomic mass is 16.5. The summed E-state index contributed by atoms with van der Waals surface area (Å²) in [6.07, 6.45) is 1.45. The van der Waals surface area contributed by atoms with Crippen LogP contribution in [0.2, 0.25) is 0 Å². The van der Waals surface area contributed by atoms with Gasteiger partial charge in [-0.15, -0.1) is 0 Å². The fraction of sp³-hybridized carbons (Fsp3) is 0.500. The van der Waals surface area contributed by atoms with Crippen LogP contribution in [0.25, 0.3) is 0 Å². The number of nitrogens with zero attached hydrogens (tertiary/aromatic N) is 3. The van der Waals surface area contributed by atoms with Gasteiger partial charge in [0.15, 0.2) is 0 Å². The largest absolute Gasteiger partial charge is 0.474 e. The van der Waals surface area contributed by atoms with Crippen molar-refractivity contribution in [2.75, 3.05) is 26.4 Å². The first kappa shape index (κ1) is 13.3. The molecule has 0 aliphatic rings. The molecule has 0 aromatic carbocycles. The minimum absolute atomic E-state index is 0.109. The molecule has 5 heteroatoms. The lowest BCUT2D eigenvalue weighted by atomic mass is 10.1. The topological polar surface area (TPSA) is 75.2 Å². The molecule has 0 amide bonds. The number of nitriles is 1. The van der Waals surface area contributed by atoms with Crippen molar-refractivity contribution in [3.8, 4) is 11.9 Å². The molecule has 5 nitrogen and oxygen atoms in total. The van der Waals surface area contributed by atoms with Crippen LogP contribution in [0, 0.1) is 11.3 Å². The lowest BCUT2D eigenvalue weighted by molar-refractivity contribution is 0.111. The molecule has 0 saturated carbocycles. The lowest BCUT2D eigenvalue weighted by Crippen LogP contribution is -2.43. The van der Waals surface area contributed by atoms with E-state index in [2.05, 4.69) is 23.7 Å². The molecule has 0 aliphatic carbocycles. The van der Waals surface area contributed by atoms with E-state index in [4.69, 9.17) is 15.7 Å². The first-order valence-corrected chi connectivity index (χ1v) is 5.32. The molecule has 1 aromatic rings. The maximum absolute atomic E-state index is 8.69. The minimum Gasteiger partial charge on any atom is -0.474 e. The fourth-order valence-electron chi connectivity index (χ4n) is 1.03. The number of nitrogens with two attached hydrogens (primary N) is 1. The SMILES string of the molecule is CN(C)C(C)(C)COc1ncc(C#N)cc1N. The van der Waals surface area contributed by atoms with Crippen molar-refractivity contribution in [1.29, 1.82) is 5.26 Å². The number of aromatic nitrogens is 1. The normalized spacial score (nSPS) is 11.3. The maximum Gasteiger partial charge on any atom is 0.237 e. The second kappa shape index (κ2) is 5.02. The zero-order chi connectivity index (χ0) is 13.1. The van der Waals surface area contributed by atoms with Crippen molar-refractivity contribution >= 4 is 5.69 Å². The Balaban J connectivity index is 2.74. The monoisotopic (exact) mass is 234 g/mol. The van der Waals surface area contributed by atoms with Gasteiger partial charge in [-0.2, -0.15) is 5.26 Å². The van der Waals surface area contributed by atoms with E-state index in [1.54, 1.807) is 6.07 Å². The van der Waals surface area contributed by atoms with Crippen LogP contribution in [-0.2, 0) is 0 Å². The molecule has 0 spiro atoms. The van der Waals surface area contributed by atoms with Gasteiger partial charge in [-0.25, -0.2) is 4.98 Å². The Morgan fingerprint density at radius 2 is 2.18 bits per heavy atom. The second-order valence-corrected chi connectivity index (χ2v) is 4.73. The van der Waals surface area contributed by atoms with Gasteiger partial charge in [0, 0.05) is 11.7 Å². The predicted molar refractivity (Wildman–Crippen MR) is 66.6 cm³/mol. The van der Waals surface area contributed by atoms with E-state index in [1.807, 2.05) is 20.2 Å². The van der Waals surface area contributed by atoms with E-state index in [0.29, 0.717) is 23.7 Å². The quantitative estimate of drug-likeness (QED) is 0.848. The molecular formula is C12H18N4O. The molecule has 0 bridgehead atoms. The van der Waals surface area contributed by atoms with E-state index >= 15 is 0 Å². The van der Waals surface area contributed by atoms with Gasteiger partial charge in [-0.3, -0.25) is 0 Å². The Bertz CT molecular complexity index is 435. The summed E-state index contributed by atoms with van der Waals surface area (Å²) in [4.78, 5) is 6.09.